The van der Waals surface area contributed by atoms with Crippen molar-refractivity contribution in [1.29, 1.82) is 0 Å². The van der Waals surface area contributed by atoms with Gasteiger partial charge in [-0.15, -0.1) is 0 Å². The number of carbonyl (C=O) groups is 1. The van der Waals surface area contributed by atoms with E-state index in [1.165, 1.54) is 36.4 Å². The first-order valence-corrected chi connectivity index (χ1v) is 8.20. The minimum atomic E-state index is -3.63. The third-order valence-electron chi connectivity index (χ3n) is 2.81. The van der Waals surface area contributed by atoms with E-state index >= 15 is 0 Å². The second-order valence-electron chi connectivity index (χ2n) is 4.32. The summed E-state index contributed by atoms with van der Waals surface area (Å²) in [6.45, 7) is 0. The minimum Gasteiger partial charge on any atom is -0.478 e. The molecule has 4 nitrogen and oxygen atoms in total. The lowest BCUT2D eigenvalue weighted by atomic mass is 10.2. The molecule has 2 aromatic rings. The maximum atomic E-state index is 12.3. The van der Waals surface area contributed by atoms with Crippen LogP contribution in [-0.2, 0) is 15.6 Å². The Labute approximate surface area is 131 Å². The molecule has 0 aliphatic carbocycles. The SMILES string of the molecule is O=C(O)c1ccc(S(=O)(=O)Cc2cc(Cl)ccc2Cl)cc1. The predicted molar refractivity (Wildman–Crippen MR) is 80.8 cm³/mol. The summed E-state index contributed by atoms with van der Waals surface area (Å²) in [6, 6.07) is 9.61. The summed E-state index contributed by atoms with van der Waals surface area (Å²) in [5.41, 5.74) is 0.418. The van der Waals surface area contributed by atoms with Crippen LogP contribution in [0.5, 0.6) is 0 Å². The number of hydrogen-bond acceptors (Lipinski definition) is 3. The van der Waals surface area contributed by atoms with Crippen LogP contribution >= 0.6 is 23.2 Å². The Morgan fingerprint density at radius 2 is 1.67 bits per heavy atom. The molecular weight excluding hydrogens is 335 g/mol. The molecule has 0 aliphatic heterocycles. The van der Waals surface area contributed by atoms with Gasteiger partial charge in [-0.2, -0.15) is 0 Å². The molecule has 110 valence electrons. The van der Waals surface area contributed by atoms with Crippen molar-refractivity contribution in [3.63, 3.8) is 0 Å². The standard InChI is InChI=1S/C14H10Cl2O4S/c15-11-3-6-13(16)10(7-11)8-21(19,20)12-4-1-9(2-5-12)14(17)18/h1-7H,8H2,(H,17,18). The zero-order valence-corrected chi connectivity index (χ0v) is 12.9. The molecule has 1 N–H and O–H groups in total. The van der Waals surface area contributed by atoms with Crippen LogP contribution in [0.15, 0.2) is 47.4 Å². The average Bonchev–Trinajstić information content (AvgIpc) is 2.43. The fourth-order valence-electron chi connectivity index (χ4n) is 1.75. The molecule has 2 aromatic carbocycles. The van der Waals surface area contributed by atoms with Gasteiger partial charge >= 0.3 is 5.97 Å². The Morgan fingerprint density at radius 3 is 2.24 bits per heavy atom. The average molecular weight is 345 g/mol. The van der Waals surface area contributed by atoms with Gasteiger partial charge in [0.15, 0.2) is 9.84 Å². The van der Waals surface area contributed by atoms with E-state index in [9.17, 15) is 13.2 Å². The van der Waals surface area contributed by atoms with Gasteiger partial charge in [-0.25, -0.2) is 13.2 Å². The van der Waals surface area contributed by atoms with E-state index < -0.39 is 15.8 Å². The molecule has 0 fully saturated rings. The highest BCUT2D eigenvalue weighted by atomic mass is 35.5. The van der Waals surface area contributed by atoms with Crippen LogP contribution < -0.4 is 0 Å². The Bertz CT molecular complexity index is 783. The predicted octanol–water partition coefficient (Wildman–Crippen LogP) is 3.67. The van der Waals surface area contributed by atoms with Crippen LogP contribution in [-0.4, -0.2) is 19.5 Å². The van der Waals surface area contributed by atoms with Gasteiger partial charge in [-0.1, -0.05) is 23.2 Å². The number of sulfone groups is 1. The summed E-state index contributed by atoms with van der Waals surface area (Å²) in [4.78, 5) is 10.8. The van der Waals surface area contributed by atoms with Gasteiger partial charge in [0.1, 0.15) is 0 Å². The molecular formula is C14H10Cl2O4S. The van der Waals surface area contributed by atoms with Crippen LogP contribution in [0, 0.1) is 0 Å². The molecule has 0 amide bonds. The quantitative estimate of drug-likeness (QED) is 0.918. The molecule has 0 atom stereocenters. The van der Waals surface area contributed by atoms with E-state index in [0.717, 1.165) is 0 Å². The van der Waals surface area contributed by atoms with Gasteiger partial charge in [0.25, 0.3) is 0 Å². The molecule has 21 heavy (non-hydrogen) atoms. The number of benzene rings is 2. The van der Waals surface area contributed by atoms with Crippen LogP contribution in [0.1, 0.15) is 15.9 Å². The van der Waals surface area contributed by atoms with E-state index in [2.05, 4.69) is 0 Å². The van der Waals surface area contributed by atoms with Crippen molar-refractivity contribution < 1.29 is 18.3 Å². The van der Waals surface area contributed by atoms with Crippen molar-refractivity contribution in [3.8, 4) is 0 Å². The summed E-state index contributed by atoms with van der Waals surface area (Å²) in [5, 5.41) is 9.50. The van der Waals surface area contributed by atoms with Crippen molar-refractivity contribution in [3.05, 3.63) is 63.6 Å². The fourth-order valence-corrected chi connectivity index (χ4v) is 3.57. The lowest BCUT2D eigenvalue weighted by Gasteiger charge is -2.07. The number of carboxylic acids is 1. The maximum Gasteiger partial charge on any atom is 0.335 e. The third kappa shape index (κ3) is 3.75. The van der Waals surface area contributed by atoms with Crippen molar-refractivity contribution in [2.45, 2.75) is 10.6 Å². The Morgan fingerprint density at radius 1 is 1.05 bits per heavy atom. The summed E-state index contributed by atoms with van der Waals surface area (Å²) in [5.74, 6) is -1.42. The van der Waals surface area contributed by atoms with Crippen molar-refractivity contribution in [1.82, 2.24) is 0 Å². The molecule has 0 saturated carbocycles. The van der Waals surface area contributed by atoms with E-state index in [4.69, 9.17) is 28.3 Å². The lowest BCUT2D eigenvalue weighted by molar-refractivity contribution is 0.0696. The topological polar surface area (TPSA) is 71.4 Å². The monoisotopic (exact) mass is 344 g/mol. The molecule has 0 radical (unpaired) electrons. The molecule has 0 spiro atoms. The highest BCUT2D eigenvalue weighted by Gasteiger charge is 2.18. The second-order valence-corrected chi connectivity index (χ2v) is 7.16. The zero-order chi connectivity index (χ0) is 15.6. The number of hydrogen-bond donors (Lipinski definition) is 1. The van der Waals surface area contributed by atoms with Crippen LogP contribution in [0.4, 0.5) is 0 Å². The van der Waals surface area contributed by atoms with E-state index in [1.807, 2.05) is 0 Å². The van der Waals surface area contributed by atoms with Crippen molar-refractivity contribution in [2.75, 3.05) is 0 Å². The van der Waals surface area contributed by atoms with E-state index in [0.29, 0.717) is 15.6 Å². The van der Waals surface area contributed by atoms with Gasteiger partial charge in [-0.05, 0) is 48.0 Å². The first-order valence-electron chi connectivity index (χ1n) is 5.79. The number of rotatable bonds is 4. The van der Waals surface area contributed by atoms with Crippen molar-refractivity contribution >= 4 is 39.0 Å². The maximum absolute atomic E-state index is 12.3. The normalized spacial score (nSPS) is 11.3. The molecule has 0 aromatic heterocycles. The summed E-state index contributed by atoms with van der Waals surface area (Å²) < 4.78 is 24.6. The second kappa shape index (κ2) is 6.05. The fraction of sp³-hybridized carbons (Fsp3) is 0.0714. The number of halogens is 2. The van der Waals surface area contributed by atoms with Crippen LogP contribution in [0.2, 0.25) is 10.0 Å². The van der Waals surface area contributed by atoms with Crippen molar-refractivity contribution in [2.24, 2.45) is 0 Å². The molecule has 0 unspecified atom stereocenters. The van der Waals surface area contributed by atoms with Gasteiger partial charge in [-0.3, -0.25) is 0 Å². The smallest absolute Gasteiger partial charge is 0.335 e. The Kier molecular flexibility index (Phi) is 4.56. The van der Waals surface area contributed by atoms with E-state index in [-0.39, 0.29) is 16.2 Å². The van der Waals surface area contributed by atoms with E-state index in [1.54, 1.807) is 6.07 Å². The summed E-state index contributed by atoms with van der Waals surface area (Å²) in [6.07, 6.45) is 0. The minimum absolute atomic E-state index is 0.0229. The molecule has 0 bridgehead atoms. The third-order valence-corrected chi connectivity index (χ3v) is 5.10. The first-order chi connectivity index (χ1) is 9.79. The van der Waals surface area contributed by atoms with Crippen LogP contribution in [0.3, 0.4) is 0 Å². The highest BCUT2D eigenvalue weighted by Crippen LogP contribution is 2.25. The summed E-state index contributed by atoms with van der Waals surface area (Å²) in [7, 11) is -3.63. The van der Waals surface area contributed by atoms with Gasteiger partial charge in [0.2, 0.25) is 0 Å². The largest absolute Gasteiger partial charge is 0.478 e. The molecule has 7 heteroatoms. The molecule has 0 aliphatic rings. The number of aromatic carboxylic acids is 1. The van der Waals surface area contributed by atoms with Crippen LogP contribution in [0.25, 0.3) is 0 Å². The number of carboxylic acid groups (broad SMARTS) is 1. The zero-order valence-electron chi connectivity index (χ0n) is 10.6. The molecule has 2 rings (SSSR count). The van der Waals surface area contributed by atoms with Gasteiger partial charge in [0.05, 0.1) is 16.2 Å². The Hall–Kier alpha value is -1.56. The van der Waals surface area contributed by atoms with Gasteiger partial charge < -0.3 is 5.11 Å². The Balaban J connectivity index is 2.34. The molecule has 0 saturated heterocycles. The van der Waals surface area contributed by atoms with Gasteiger partial charge in [0, 0.05) is 10.0 Å². The first kappa shape index (κ1) is 15.8. The molecule has 0 heterocycles. The summed E-state index contributed by atoms with van der Waals surface area (Å²) >= 11 is 11.8. The highest BCUT2D eigenvalue weighted by molar-refractivity contribution is 7.90. The lowest BCUT2D eigenvalue weighted by Crippen LogP contribution is -2.06.